The fraction of sp³-hybridized carbons (Fsp3) is 0.444. The number of carbonyl (C=O) groups is 1. The third-order valence-corrected chi connectivity index (χ3v) is 2.41. The molecule has 0 spiro atoms. The zero-order chi connectivity index (χ0) is 10.7. The van der Waals surface area contributed by atoms with Crippen LogP contribution in [0.2, 0.25) is 5.15 Å². The van der Waals surface area contributed by atoms with Gasteiger partial charge in [0.15, 0.2) is 0 Å². The number of rotatable bonds is 1. The lowest BCUT2D eigenvalue weighted by molar-refractivity contribution is -0.119. The van der Waals surface area contributed by atoms with Crippen molar-refractivity contribution in [2.45, 2.75) is 6.42 Å². The molecule has 2 rings (SSSR count). The van der Waals surface area contributed by atoms with Gasteiger partial charge in [-0.05, 0) is 6.42 Å². The average molecular weight is 227 g/mol. The van der Waals surface area contributed by atoms with Gasteiger partial charge in [0.05, 0.1) is 6.54 Å². The Labute approximate surface area is 92.5 Å². The van der Waals surface area contributed by atoms with Crippen LogP contribution in [0, 0.1) is 0 Å². The van der Waals surface area contributed by atoms with Crippen molar-refractivity contribution < 1.29 is 4.79 Å². The van der Waals surface area contributed by atoms with E-state index in [1.165, 1.54) is 6.33 Å². The van der Waals surface area contributed by atoms with Crippen molar-refractivity contribution in [3.05, 3.63) is 17.5 Å². The molecule has 2 heterocycles. The Hall–Kier alpha value is -1.36. The molecule has 15 heavy (non-hydrogen) atoms. The number of halogens is 1. The Morgan fingerprint density at radius 2 is 2.33 bits per heavy atom. The highest BCUT2D eigenvalue weighted by Crippen LogP contribution is 2.14. The molecular weight excluding hydrogens is 216 g/mol. The van der Waals surface area contributed by atoms with Crippen LogP contribution in [0.25, 0.3) is 0 Å². The van der Waals surface area contributed by atoms with Gasteiger partial charge < -0.3 is 10.2 Å². The molecule has 0 bridgehead atoms. The molecule has 5 nitrogen and oxygen atoms in total. The highest BCUT2D eigenvalue weighted by atomic mass is 35.5. The van der Waals surface area contributed by atoms with Gasteiger partial charge in [0, 0.05) is 19.2 Å². The van der Waals surface area contributed by atoms with Crippen LogP contribution in [0.5, 0.6) is 0 Å². The number of aromatic nitrogens is 2. The maximum atomic E-state index is 11.3. The van der Waals surface area contributed by atoms with E-state index in [2.05, 4.69) is 15.3 Å². The van der Waals surface area contributed by atoms with Gasteiger partial charge in [-0.1, -0.05) is 11.6 Å². The monoisotopic (exact) mass is 226 g/mol. The summed E-state index contributed by atoms with van der Waals surface area (Å²) in [5.41, 5.74) is 0. The van der Waals surface area contributed by atoms with Crippen LogP contribution in [0.1, 0.15) is 6.42 Å². The quantitative estimate of drug-likeness (QED) is 0.707. The summed E-state index contributed by atoms with van der Waals surface area (Å²) in [5.74, 6) is 0.717. The fourth-order valence-electron chi connectivity index (χ4n) is 1.50. The van der Waals surface area contributed by atoms with E-state index >= 15 is 0 Å². The van der Waals surface area contributed by atoms with Crippen LogP contribution in [-0.4, -0.2) is 35.5 Å². The minimum Gasteiger partial charge on any atom is -0.354 e. The molecule has 6 heteroatoms. The van der Waals surface area contributed by atoms with Gasteiger partial charge in [-0.2, -0.15) is 0 Å². The molecule has 0 aromatic carbocycles. The van der Waals surface area contributed by atoms with E-state index in [0.717, 1.165) is 13.0 Å². The van der Waals surface area contributed by atoms with Crippen molar-refractivity contribution in [2.24, 2.45) is 0 Å². The SMILES string of the molecule is O=C1CN(c2cc(Cl)ncn2)CCCN1. The van der Waals surface area contributed by atoms with Crippen molar-refractivity contribution >= 4 is 23.3 Å². The smallest absolute Gasteiger partial charge is 0.239 e. The van der Waals surface area contributed by atoms with Crippen LogP contribution >= 0.6 is 11.6 Å². The Balaban J connectivity index is 2.18. The number of amides is 1. The van der Waals surface area contributed by atoms with Gasteiger partial charge in [-0.3, -0.25) is 4.79 Å². The van der Waals surface area contributed by atoms with E-state index in [0.29, 0.717) is 24.1 Å². The summed E-state index contributed by atoms with van der Waals surface area (Å²) in [7, 11) is 0. The number of hydrogen-bond acceptors (Lipinski definition) is 4. The Kier molecular flexibility index (Phi) is 3.01. The molecule has 0 atom stereocenters. The summed E-state index contributed by atoms with van der Waals surface area (Å²) < 4.78 is 0. The Morgan fingerprint density at radius 3 is 3.13 bits per heavy atom. The first-order chi connectivity index (χ1) is 7.25. The normalized spacial score (nSPS) is 17.1. The number of nitrogens with zero attached hydrogens (tertiary/aromatic N) is 3. The number of hydrogen-bond donors (Lipinski definition) is 1. The molecule has 0 radical (unpaired) electrons. The average Bonchev–Trinajstić information content (AvgIpc) is 2.43. The summed E-state index contributed by atoms with van der Waals surface area (Å²) in [5, 5.41) is 3.20. The van der Waals surface area contributed by atoms with E-state index < -0.39 is 0 Å². The van der Waals surface area contributed by atoms with E-state index in [-0.39, 0.29) is 5.91 Å². The van der Waals surface area contributed by atoms with Crippen molar-refractivity contribution in [3.63, 3.8) is 0 Å². The van der Waals surface area contributed by atoms with Crippen molar-refractivity contribution in [2.75, 3.05) is 24.5 Å². The minimum atomic E-state index is 0.0160. The highest BCUT2D eigenvalue weighted by Gasteiger charge is 2.15. The van der Waals surface area contributed by atoms with Gasteiger partial charge in [0.1, 0.15) is 17.3 Å². The third-order valence-electron chi connectivity index (χ3n) is 2.20. The Bertz CT molecular complexity index is 371. The predicted molar refractivity (Wildman–Crippen MR) is 56.9 cm³/mol. The van der Waals surface area contributed by atoms with Crippen LogP contribution < -0.4 is 10.2 Å². The van der Waals surface area contributed by atoms with E-state index in [1.807, 2.05) is 4.90 Å². The molecule has 0 aliphatic carbocycles. The van der Waals surface area contributed by atoms with Gasteiger partial charge in [0.25, 0.3) is 0 Å². The summed E-state index contributed by atoms with van der Waals surface area (Å²) in [6, 6.07) is 1.67. The van der Waals surface area contributed by atoms with E-state index in [4.69, 9.17) is 11.6 Å². The zero-order valence-electron chi connectivity index (χ0n) is 8.11. The predicted octanol–water partition coefficient (Wildman–Crippen LogP) is 0.456. The topological polar surface area (TPSA) is 58.1 Å². The standard InChI is InChI=1S/C9H11ClN4O/c10-7-4-8(13-6-12-7)14-3-1-2-11-9(15)5-14/h4,6H,1-3,5H2,(H,11,15). The van der Waals surface area contributed by atoms with Gasteiger partial charge >= 0.3 is 0 Å². The Morgan fingerprint density at radius 1 is 1.47 bits per heavy atom. The van der Waals surface area contributed by atoms with Gasteiger partial charge in [-0.15, -0.1) is 0 Å². The van der Waals surface area contributed by atoms with Gasteiger partial charge in [0.2, 0.25) is 5.91 Å². The summed E-state index contributed by atoms with van der Waals surface area (Å²) in [4.78, 5) is 21.1. The molecular formula is C9H11ClN4O. The van der Waals surface area contributed by atoms with Crippen molar-refractivity contribution in [1.29, 1.82) is 0 Å². The highest BCUT2D eigenvalue weighted by molar-refractivity contribution is 6.29. The second-order valence-electron chi connectivity index (χ2n) is 3.32. The molecule has 1 N–H and O–H groups in total. The largest absolute Gasteiger partial charge is 0.354 e. The second kappa shape index (κ2) is 4.44. The van der Waals surface area contributed by atoms with E-state index in [9.17, 15) is 4.79 Å². The lowest BCUT2D eigenvalue weighted by Crippen LogP contribution is -2.33. The van der Waals surface area contributed by atoms with Crippen LogP contribution in [0.3, 0.4) is 0 Å². The molecule has 1 aromatic heterocycles. The molecule has 1 amide bonds. The summed E-state index contributed by atoms with van der Waals surface area (Å²) in [6.07, 6.45) is 2.31. The molecule has 1 aromatic rings. The maximum absolute atomic E-state index is 11.3. The van der Waals surface area contributed by atoms with Gasteiger partial charge in [-0.25, -0.2) is 9.97 Å². The van der Waals surface area contributed by atoms with Crippen molar-refractivity contribution in [3.8, 4) is 0 Å². The van der Waals surface area contributed by atoms with Crippen LogP contribution in [0.15, 0.2) is 12.4 Å². The zero-order valence-corrected chi connectivity index (χ0v) is 8.87. The number of anilines is 1. The van der Waals surface area contributed by atoms with Crippen molar-refractivity contribution in [1.82, 2.24) is 15.3 Å². The first kappa shape index (κ1) is 10.2. The molecule has 80 valence electrons. The maximum Gasteiger partial charge on any atom is 0.239 e. The molecule has 1 fully saturated rings. The molecule has 0 saturated carbocycles. The minimum absolute atomic E-state index is 0.0160. The third kappa shape index (κ3) is 2.56. The van der Waals surface area contributed by atoms with E-state index in [1.54, 1.807) is 6.07 Å². The first-order valence-electron chi connectivity index (χ1n) is 4.75. The fourth-order valence-corrected chi connectivity index (χ4v) is 1.64. The summed E-state index contributed by atoms with van der Waals surface area (Å²) in [6.45, 7) is 1.84. The lowest BCUT2D eigenvalue weighted by atomic mass is 10.4. The molecule has 1 saturated heterocycles. The molecule has 1 aliphatic heterocycles. The summed E-state index contributed by atoms with van der Waals surface area (Å²) >= 11 is 5.76. The second-order valence-corrected chi connectivity index (χ2v) is 3.71. The van der Waals surface area contributed by atoms with Crippen LogP contribution in [-0.2, 0) is 4.79 Å². The number of nitrogens with one attached hydrogen (secondary N) is 1. The lowest BCUT2D eigenvalue weighted by Gasteiger charge is -2.19. The molecule has 1 aliphatic rings. The first-order valence-corrected chi connectivity index (χ1v) is 5.13. The number of carbonyl (C=O) groups excluding carboxylic acids is 1. The molecule has 0 unspecified atom stereocenters. The van der Waals surface area contributed by atoms with Crippen LogP contribution in [0.4, 0.5) is 5.82 Å².